The van der Waals surface area contributed by atoms with E-state index in [1.54, 1.807) is 18.2 Å². The van der Waals surface area contributed by atoms with E-state index < -0.39 is 46.1 Å². The Balaban J connectivity index is 1.52. The van der Waals surface area contributed by atoms with Gasteiger partial charge in [0.25, 0.3) is 17.5 Å². The van der Waals surface area contributed by atoms with E-state index in [1.165, 1.54) is 43.0 Å². The lowest BCUT2D eigenvalue weighted by Gasteiger charge is -2.49. The van der Waals surface area contributed by atoms with Gasteiger partial charge in [-0.3, -0.25) is 29.4 Å². The smallest absolute Gasteiger partial charge is 0.365 e. The van der Waals surface area contributed by atoms with Crippen molar-refractivity contribution in [1.29, 1.82) is 0 Å². The van der Waals surface area contributed by atoms with Crippen LogP contribution in [0.1, 0.15) is 22.8 Å². The van der Waals surface area contributed by atoms with Gasteiger partial charge in [0.05, 0.1) is 10.5 Å². The van der Waals surface area contributed by atoms with Crippen LogP contribution in [0.25, 0.3) is 0 Å². The molecule has 2 aliphatic heterocycles. The lowest BCUT2D eigenvalue weighted by atomic mass is 10.0. The third-order valence-corrected chi connectivity index (χ3v) is 7.12. The van der Waals surface area contributed by atoms with Gasteiger partial charge >= 0.3 is 17.9 Å². The number of non-ortho nitro benzene ring substituents is 1. The molecule has 0 aromatic heterocycles. The highest BCUT2D eigenvalue weighted by molar-refractivity contribution is 8.00. The number of thioether (sulfide) groups is 1. The highest BCUT2D eigenvalue weighted by atomic mass is 32.2. The number of rotatable bonds is 9. The molecule has 40 heavy (non-hydrogen) atoms. The lowest BCUT2D eigenvalue weighted by Crippen LogP contribution is -2.71. The Bertz CT molecular complexity index is 1460. The van der Waals surface area contributed by atoms with E-state index in [1.807, 2.05) is 0 Å². The van der Waals surface area contributed by atoms with Crippen LogP contribution in [0.4, 0.5) is 5.69 Å². The van der Waals surface area contributed by atoms with Crippen LogP contribution in [0.15, 0.2) is 71.0 Å². The van der Waals surface area contributed by atoms with Crippen molar-refractivity contribution in [2.24, 2.45) is 5.16 Å². The first-order valence-corrected chi connectivity index (χ1v) is 12.6. The molecule has 15 heteroatoms. The molecule has 0 bridgehead atoms. The fraction of sp³-hybridized carbons (Fsp3) is 0.200. The molecule has 1 saturated heterocycles. The summed E-state index contributed by atoms with van der Waals surface area (Å²) in [6.45, 7) is 0.887. The normalized spacial score (nSPS) is 18.3. The molecule has 2 heterocycles. The fourth-order valence-corrected chi connectivity index (χ4v) is 5.20. The molecule has 0 saturated carbocycles. The quantitative estimate of drug-likeness (QED) is 0.111. The van der Waals surface area contributed by atoms with Gasteiger partial charge in [-0.25, -0.2) is 9.59 Å². The van der Waals surface area contributed by atoms with Crippen LogP contribution in [-0.4, -0.2) is 74.1 Å². The zero-order valence-corrected chi connectivity index (χ0v) is 21.5. The van der Waals surface area contributed by atoms with E-state index in [0.717, 1.165) is 17.0 Å². The predicted octanol–water partition coefficient (Wildman–Crippen LogP) is 1.46. The molecule has 2 amide bonds. The number of hydrogen-bond acceptors (Lipinski definition) is 11. The number of nitrogens with one attached hydrogen (secondary N) is 1. The minimum absolute atomic E-state index is 0.0527. The number of esters is 1. The van der Waals surface area contributed by atoms with Gasteiger partial charge in [-0.05, 0) is 12.1 Å². The Labute approximate surface area is 229 Å². The van der Waals surface area contributed by atoms with Gasteiger partial charge in [0.2, 0.25) is 0 Å². The van der Waals surface area contributed by atoms with Crippen LogP contribution >= 0.6 is 11.8 Å². The van der Waals surface area contributed by atoms with Crippen molar-refractivity contribution in [3.05, 3.63) is 87.1 Å². The average Bonchev–Trinajstić information content (AvgIpc) is 2.94. The number of nitrogens with zero attached hydrogens (tertiary/aromatic N) is 3. The maximum atomic E-state index is 13.2. The molecule has 2 atom stereocenters. The first kappa shape index (κ1) is 28.0. The predicted molar refractivity (Wildman–Crippen MR) is 138 cm³/mol. The summed E-state index contributed by atoms with van der Waals surface area (Å²) in [7, 11) is 0. The molecule has 2 N–H and O–H groups in total. The third-order valence-electron chi connectivity index (χ3n) is 5.78. The minimum atomic E-state index is -1.38. The number of β-lactam (4-membered cyclic amide) rings is 1. The van der Waals surface area contributed by atoms with E-state index in [0.29, 0.717) is 0 Å². The second kappa shape index (κ2) is 11.8. The number of carbonyl (C=O) groups excluding carboxylic acids is 4. The Morgan fingerprint density at radius 1 is 1.12 bits per heavy atom. The number of carboxylic acid groups (broad SMARTS) is 1. The van der Waals surface area contributed by atoms with Crippen LogP contribution in [0, 0.1) is 10.1 Å². The molecule has 2 aromatic carbocycles. The molecular formula is C25H20N4O10S. The van der Waals surface area contributed by atoms with Crippen LogP contribution in [-0.2, 0) is 28.8 Å². The summed E-state index contributed by atoms with van der Waals surface area (Å²) in [5.41, 5.74) is -0.438. The zero-order chi connectivity index (χ0) is 29.0. The largest absolute Gasteiger partial charge is 0.477 e. The number of aliphatic carboxylic acids is 1. The summed E-state index contributed by atoms with van der Waals surface area (Å²) in [5.74, 6) is -4.39. The Hall–Kier alpha value is -5.05. The minimum Gasteiger partial charge on any atom is -0.477 e. The first-order chi connectivity index (χ1) is 19.1. The van der Waals surface area contributed by atoms with Gasteiger partial charge in [-0.15, -0.1) is 11.8 Å². The SMILES string of the molecule is CC(=O)OCC1=C(C(=O)O)N2C(=O)[C@@H](NC(=O)C(=NOC(=O)c3ccc([N+](=O)[O-])cc3)c3ccccc3)[C@@H]2SC1. The molecule has 2 aromatic rings. The van der Waals surface area contributed by atoms with Gasteiger partial charge in [0.15, 0.2) is 5.71 Å². The molecule has 0 aliphatic carbocycles. The number of amides is 2. The molecule has 2 aliphatic rings. The van der Waals surface area contributed by atoms with Gasteiger partial charge < -0.3 is 20.0 Å². The average molecular weight is 569 g/mol. The molecular weight excluding hydrogens is 548 g/mol. The molecule has 0 spiro atoms. The number of benzene rings is 2. The van der Waals surface area contributed by atoms with Gasteiger partial charge in [0, 0.05) is 35.9 Å². The summed E-state index contributed by atoms with van der Waals surface area (Å²) >= 11 is 1.18. The summed E-state index contributed by atoms with van der Waals surface area (Å²) < 4.78 is 4.90. The van der Waals surface area contributed by atoms with E-state index >= 15 is 0 Å². The van der Waals surface area contributed by atoms with Crippen molar-refractivity contribution in [1.82, 2.24) is 10.2 Å². The molecule has 4 rings (SSSR count). The van der Waals surface area contributed by atoms with Crippen molar-refractivity contribution in [2.75, 3.05) is 12.4 Å². The summed E-state index contributed by atoms with van der Waals surface area (Å²) in [6, 6.07) is 11.4. The second-order valence-corrected chi connectivity index (χ2v) is 9.49. The number of nitro groups is 1. The van der Waals surface area contributed by atoms with E-state index in [2.05, 4.69) is 10.5 Å². The van der Waals surface area contributed by atoms with Gasteiger partial charge in [-0.1, -0.05) is 35.5 Å². The Kier molecular flexibility index (Phi) is 8.23. The molecule has 0 radical (unpaired) electrons. The van der Waals surface area contributed by atoms with Crippen LogP contribution in [0.2, 0.25) is 0 Å². The highest BCUT2D eigenvalue weighted by Crippen LogP contribution is 2.40. The zero-order valence-electron chi connectivity index (χ0n) is 20.6. The molecule has 1 fully saturated rings. The Morgan fingerprint density at radius 3 is 2.40 bits per heavy atom. The summed E-state index contributed by atoms with van der Waals surface area (Å²) in [6.07, 6.45) is 0. The van der Waals surface area contributed by atoms with Gasteiger partial charge in [0.1, 0.15) is 23.7 Å². The maximum Gasteiger partial charge on any atom is 0.365 e. The molecule has 0 unspecified atom stereocenters. The fourth-order valence-electron chi connectivity index (χ4n) is 3.87. The monoisotopic (exact) mass is 568 g/mol. The van der Waals surface area contributed by atoms with Crippen LogP contribution in [0.3, 0.4) is 0 Å². The lowest BCUT2D eigenvalue weighted by molar-refractivity contribution is -0.384. The van der Waals surface area contributed by atoms with Crippen molar-refractivity contribution in [2.45, 2.75) is 18.3 Å². The number of ether oxygens (including phenoxy) is 1. The van der Waals surface area contributed by atoms with Crippen molar-refractivity contribution >= 4 is 52.9 Å². The topological polar surface area (TPSA) is 195 Å². The summed E-state index contributed by atoms with van der Waals surface area (Å²) in [4.78, 5) is 77.8. The Morgan fingerprint density at radius 2 is 1.80 bits per heavy atom. The number of hydrogen-bond donors (Lipinski definition) is 2. The van der Waals surface area contributed by atoms with Crippen molar-refractivity contribution in [3.8, 4) is 0 Å². The molecule has 206 valence electrons. The maximum absolute atomic E-state index is 13.2. The van der Waals surface area contributed by atoms with E-state index in [4.69, 9.17) is 9.57 Å². The second-order valence-electron chi connectivity index (χ2n) is 8.39. The van der Waals surface area contributed by atoms with Crippen molar-refractivity contribution in [3.63, 3.8) is 0 Å². The van der Waals surface area contributed by atoms with E-state index in [-0.39, 0.29) is 46.2 Å². The number of fused-ring (bicyclic) bond motifs is 1. The number of carboxylic acids is 1. The third kappa shape index (κ3) is 5.83. The standard InChI is InChI=1S/C25H20N4O10S/c1-13(30)38-11-16-12-40-23-19(22(32)28(23)20(16)24(33)34)26-21(31)18(14-5-3-2-4-6-14)27-39-25(35)15-7-9-17(10-8-15)29(36)37/h2-10,19,23H,11-12H2,1H3,(H,26,31)(H,33,34)/t19-,23+/m1/s1. The van der Waals surface area contributed by atoms with Gasteiger partial charge in [-0.2, -0.15) is 0 Å². The number of nitro benzene ring substituents is 1. The van der Waals surface area contributed by atoms with E-state index in [9.17, 15) is 39.2 Å². The van der Waals surface area contributed by atoms with Crippen LogP contribution in [0.5, 0.6) is 0 Å². The molecule has 14 nitrogen and oxygen atoms in total. The number of carbonyl (C=O) groups is 5. The van der Waals surface area contributed by atoms with Crippen LogP contribution < -0.4 is 5.32 Å². The number of oxime groups is 1. The first-order valence-electron chi connectivity index (χ1n) is 11.5. The van der Waals surface area contributed by atoms with Crippen molar-refractivity contribution < 1.29 is 43.6 Å². The summed E-state index contributed by atoms with van der Waals surface area (Å²) in [5, 5.41) is 26.0. The highest BCUT2D eigenvalue weighted by Gasteiger charge is 2.54.